The fraction of sp³-hybridized carbons (Fsp3) is 0.389. The monoisotopic (exact) mass is 440 g/mol. The number of thioether (sulfide) groups is 1. The number of aliphatic carboxylic acids is 2. The second kappa shape index (κ2) is 12.4. The highest BCUT2D eigenvalue weighted by atomic mass is 32.2. The van der Waals surface area contributed by atoms with Gasteiger partial charge in [-0.05, 0) is 30.7 Å². The normalized spacial score (nSPS) is 12.4. The molecule has 2 atom stereocenters. The van der Waals surface area contributed by atoms with Crippen LogP contribution in [0.2, 0.25) is 0 Å². The number of nitrogen functional groups attached to an aromatic ring is 1. The number of amides is 2. The molecule has 164 valence electrons. The van der Waals surface area contributed by atoms with E-state index in [-0.39, 0.29) is 30.1 Å². The first-order valence-electron chi connectivity index (χ1n) is 8.84. The van der Waals surface area contributed by atoms with Crippen LogP contribution in [0.15, 0.2) is 24.3 Å². The molecule has 8 N–H and O–H groups in total. The van der Waals surface area contributed by atoms with Crippen LogP contribution in [0.1, 0.15) is 23.2 Å². The first kappa shape index (κ1) is 24.9. The minimum absolute atomic E-state index is 0.00287. The molecule has 0 spiro atoms. The fourth-order valence-electron chi connectivity index (χ4n) is 2.17. The summed E-state index contributed by atoms with van der Waals surface area (Å²) in [7, 11) is 0. The van der Waals surface area contributed by atoms with E-state index in [1.54, 1.807) is 24.3 Å². The van der Waals surface area contributed by atoms with Gasteiger partial charge in [0.1, 0.15) is 18.6 Å². The Hall–Kier alpha value is -3.12. The number of ketones is 1. The standard InChI is InChI=1S/C18H24N4O7S/c19-11-3-1-10(2-4-11)14(23)9-30-8-13(17(27)21-7-16(25)26)22-15(24)6-5-12(20)18(28)29/h1-4,12-13H,5-9,19-20H2,(H,21,27)(H,22,24)(H,25,26)(H,28,29)/t12-,13-/m0/s1. The number of carbonyl (C=O) groups is 5. The maximum Gasteiger partial charge on any atom is 0.322 e. The molecule has 11 nitrogen and oxygen atoms in total. The van der Waals surface area contributed by atoms with Crippen molar-refractivity contribution in [2.24, 2.45) is 5.73 Å². The zero-order chi connectivity index (χ0) is 22.7. The molecular weight excluding hydrogens is 416 g/mol. The van der Waals surface area contributed by atoms with Crippen LogP contribution in [0, 0.1) is 0 Å². The van der Waals surface area contributed by atoms with Crippen molar-refractivity contribution in [1.29, 1.82) is 0 Å². The third kappa shape index (κ3) is 9.39. The summed E-state index contributed by atoms with van der Waals surface area (Å²) in [5, 5.41) is 22.0. The van der Waals surface area contributed by atoms with Crippen molar-refractivity contribution in [3.05, 3.63) is 29.8 Å². The predicted octanol–water partition coefficient (Wildman–Crippen LogP) is -0.938. The molecule has 1 aromatic rings. The number of nitrogens with two attached hydrogens (primary N) is 2. The van der Waals surface area contributed by atoms with E-state index < -0.39 is 42.4 Å². The molecule has 0 saturated heterocycles. The molecule has 2 amide bonds. The summed E-state index contributed by atoms with van der Waals surface area (Å²) in [5.74, 6) is -4.05. The van der Waals surface area contributed by atoms with Gasteiger partial charge in [0.2, 0.25) is 11.8 Å². The summed E-state index contributed by atoms with van der Waals surface area (Å²) in [6, 6.07) is 3.99. The molecule has 0 aliphatic heterocycles. The number of carboxylic acid groups (broad SMARTS) is 2. The van der Waals surface area contributed by atoms with E-state index in [4.69, 9.17) is 21.7 Å². The third-order valence-corrected chi connectivity index (χ3v) is 4.85. The summed E-state index contributed by atoms with van der Waals surface area (Å²) in [6.07, 6.45) is -0.362. The Balaban J connectivity index is 2.63. The summed E-state index contributed by atoms with van der Waals surface area (Å²) in [5.41, 5.74) is 11.9. The minimum atomic E-state index is -1.26. The van der Waals surface area contributed by atoms with Crippen molar-refractivity contribution < 1.29 is 34.2 Å². The van der Waals surface area contributed by atoms with Crippen LogP contribution in [-0.4, -0.2) is 69.9 Å². The van der Waals surface area contributed by atoms with Crippen LogP contribution < -0.4 is 22.1 Å². The largest absolute Gasteiger partial charge is 0.480 e. The Morgan fingerprint density at radius 3 is 2.27 bits per heavy atom. The molecule has 1 rings (SSSR count). The van der Waals surface area contributed by atoms with Gasteiger partial charge >= 0.3 is 11.9 Å². The van der Waals surface area contributed by atoms with Gasteiger partial charge in [0, 0.05) is 23.4 Å². The highest BCUT2D eigenvalue weighted by Gasteiger charge is 2.23. The number of carboxylic acids is 2. The third-order valence-electron chi connectivity index (χ3n) is 3.82. The Morgan fingerprint density at radius 1 is 1.07 bits per heavy atom. The van der Waals surface area contributed by atoms with Crippen molar-refractivity contribution in [2.45, 2.75) is 24.9 Å². The Morgan fingerprint density at radius 2 is 1.70 bits per heavy atom. The second-order valence-electron chi connectivity index (χ2n) is 6.28. The Bertz CT molecular complexity index is 785. The first-order chi connectivity index (χ1) is 14.1. The lowest BCUT2D eigenvalue weighted by molar-refractivity contribution is -0.139. The van der Waals surface area contributed by atoms with Crippen molar-refractivity contribution in [3.8, 4) is 0 Å². The van der Waals surface area contributed by atoms with E-state index in [0.29, 0.717) is 11.3 Å². The maximum atomic E-state index is 12.2. The molecule has 0 unspecified atom stereocenters. The van der Waals surface area contributed by atoms with Gasteiger partial charge in [-0.15, -0.1) is 0 Å². The smallest absolute Gasteiger partial charge is 0.322 e. The van der Waals surface area contributed by atoms with Crippen LogP contribution in [0.3, 0.4) is 0 Å². The van der Waals surface area contributed by atoms with Crippen molar-refractivity contribution in [1.82, 2.24) is 10.6 Å². The van der Waals surface area contributed by atoms with E-state index in [1.165, 1.54) is 0 Å². The van der Waals surface area contributed by atoms with Gasteiger partial charge < -0.3 is 32.3 Å². The molecule has 0 aromatic heterocycles. The minimum Gasteiger partial charge on any atom is -0.480 e. The second-order valence-corrected chi connectivity index (χ2v) is 7.31. The number of hydrogen-bond acceptors (Lipinski definition) is 8. The zero-order valence-corrected chi connectivity index (χ0v) is 16.8. The van der Waals surface area contributed by atoms with Crippen molar-refractivity contribution >= 4 is 47.0 Å². The first-order valence-corrected chi connectivity index (χ1v) is 9.99. The molecule has 0 aliphatic rings. The van der Waals surface area contributed by atoms with Crippen LogP contribution in [0.25, 0.3) is 0 Å². The van der Waals surface area contributed by atoms with E-state index in [9.17, 15) is 24.0 Å². The average molecular weight is 440 g/mol. The van der Waals surface area contributed by atoms with Crippen molar-refractivity contribution in [2.75, 3.05) is 23.8 Å². The van der Waals surface area contributed by atoms with Gasteiger partial charge in [0.05, 0.1) is 5.75 Å². The van der Waals surface area contributed by atoms with Crippen molar-refractivity contribution in [3.63, 3.8) is 0 Å². The number of benzene rings is 1. The lowest BCUT2D eigenvalue weighted by Crippen LogP contribution is -2.49. The van der Waals surface area contributed by atoms with Gasteiger partial charge in [-0.2, -0.15) is 11.8 Å². The Labute approximate surface area is 176 Å². The fourth-order valence-corrected chi connectivity index (χ4v) is 3.11. The lowest BCUT2D eigenvalue weighted by atomic mass is 10.1. The van der Waals surface area contributed by atoms with E-state index in [2.05, 4.69) is 10.6 Å². The zero-order valence-electron chi connectivity index (χ0n) is 16.0. The van der Waals surface area contributed by atoms with Gasteiger partial charge in [-0.25, -0.2) is 0 Å². The maximum absolute atomic E-state index is 12.2. The van der Waals surface area contributed by atoms with Gasteiger partial charge in [-0.3, -0.25) is 24.0 Å². The van der Waals surface area contributed by atoms with Crippen LogP contribution in [0.5, 0.6) is 0 Å². The number of rotatable bonds is 13. The highest BCUT2D eigenvalue weighted by molar-refractivity contribution is 8.00. The SMILES string of the molecule is Nc1ccc(C(=O)CSC[C@H](NC(=O)CC[C@H](N)C(=O)O)C(=O)NCC(=O)O)cc1. The molecule has 12 heteroatoms. The molecular formula is C18H24N4O7S. The summed E-state index contributed by atoms with van der Waals surface area (Å²) < 4.78 is 0. The van der Waals surface area contributed by atoms with E-state index in [1.807, 2.05) is 0 Å². The van der Waals surface area contributed by atoms with Gasteiger partial charge in [0.25, 0.3) is 0 Å². The lowest BCUT2D eigenvalue weighted by Gasteiger charge is -2.18. The molecule has 0 bridgehead atoms. The number of carbonyl (C=O) groups excluding carboxylic acids is 3. The summed E-state index contributed by atoms with van der Waals surface area (Å²) >= 11 is 1.08. The van der Waals surface area contributed by atoms with Gasteiger partial charge in [0.15, 0.2) is 5.78 Å². The topological polar surface area (TPSA) is 202 Å². The number of hydrogen-bond donors (Lipinski definition) is 6. The van der Waals surface area contributed by atoms with Crippen LogP contribution in [0.4, 0.5) is 5.69 Å². The molecule has 0 aliphatic carbocycles. The van der Waals surface area contributed by atoms with Gasteiger partial charge in [-0.1, -0.05) is 0 Å². The quantitative estimate of drug-likeness (QED) is 0.164. The molecule has 1 aromatic carbocycles. The molecule has 30 heavy (non-hydrogen) atoms. The Kier molecular flexibility index (Phi) is 10.3. The molecule has 0 radical (unpaired) electrons. The average Bonchev–Trinajstić information content (AvgIpc) is 2.69. The number of Topliss-reactive ketones (excluding diaryl/α,β-unsaturated/α-hetero) is 1. The molecule has 0 saturated carbocycles. The number of anilines is 1. The highest BCUT2D eigenvalue weighted by Crippen LogP contribution is 2.11. The summed E-state index contributed by atoms with van der Waals surface area (Å²) in [6.45, 7) is -0.635. The van der Waals surface area contributed by atoms with E-state index >= 15 is 0 Å². The molecule has 0 fully saturated rings. The number of nitrogens with one attached hydrogen (secondary N) is 2. The van der Waals surface area contributed by atoms with E-state index in [0.717, 1.165) is 11.8 Å². The van der Waals surface area contributed by atoms with Crippen LogP contribution in [-0.2, 0) is 19.2 Å². The summed E-state index contributed by atoms with van der Waals surface area (Å²) in [4.78, 5) is 57.8. The molecule has 0 heterocycles. The van der Waals surface area contributed by atoms with Crippen LogP contribution >= 0.6 is 11.8 Å². The predicted molar refractivity (Wildman–Crippen MR) is 110 cm³/mol.